The number of imide groups is 1. The zero-order chi connectivity index (χ0) is 97.1. The second-order valence-corrected chi connectivity index (χ2v) is 42.2. The van der Waals surface area contributed by atoms with Gasteiger partial charge in [-0.3, -0.25) is 39.5 Å². The molecule has 0 atom stereocenters. The van der Waals surface area contributed by atoms with Crippen LogP contribution in [0.4, 0.5) is 65.5 Å². The average Bonchev–Trinajstić information content (AvgIpc) is 1.58. The number of amidine groups is 4. The maximum Gasteiger partial charge on any atom is 0.335 e. The van der Waals surface area contributed by atoms with Gasteiger partial charge in [-0.1, -0.05) is 60.7 Å². The third kappa shape index (κ3) is 23.4. The van der Waals surface area contributed by atoms with Gasteiger partial charge in [-0.2, -0.15) is 5.10 Å². The molecule has 0 radical (unpaired) electrons. The van der Waals surface area contributed by atoms with Gasteiger partial charge in [0, 0.05) is 160 Å². The number of benzene rings is 6. The predicted octanol–water partition coefficient (Wildman–Crippen LogP) is 12.9. The van der Waals surface area contributed by atoms with Gasteiger partial charge >= 0.3 is 17.9 Å². The molecule has 9 aliphatic rings. The Morgan fingerprint density at radius 3 is 1.18 bits per heavy atom. The summed E-state index contributed by atoms with van der Waals surface area (Å²) in [5.41, 5.74) is 13.9. The molecule has 0 aliphatic carbocycles. The number of halogens is 1. The standard InChI is InChI=1S/C24H25N5O4S2.C23H24N6O3S.C22H27N5O2S.C17H21N5S.C7H5ClO4S.CH4O/c1-16-14-19-22(28-12-10-27(2)11-13-28)25-20-8-3-4-9-21(20)29(23(19)34-16)26-35(32,33)18-7-5-6-17(15-18)24(30)31;1-15-13-16-22(27-11-9-26(2)10-12-27)24-17-5-3-4-6-18(17)29(23(16)33-15)25-19(30)14-28-20(31)7-8-21(28)32;1-15(8-9-20(28)29)24-27-19-7-5-4-6-18(19)23-21(17-14-16(2)30-22(17)27)26-12-10-25(3)11-13-26;1-12-11-13-16(21-9-7-20(2)8-10-21)19-14-5-3-4-6-15(14)22(18)17(13)23-12;8-13(11,12)6-3-1-2-5(4-6)7(9)10;1-2/h3-9,14-15,26H,10-13H2,1-2H3,(H,30,31);3-8,13H,9-12,14H2,1-2H3,(H,25,30);4-7,14H,8-13H2,1-3H3,(H,28,29);3-6,11H,7-10,18H2,1-2H3;1-4H,(H,9,10);2H,1H3/b;;24-15-;;;. The fourth-order valence-corrected chi connectivity index (χ4v) is 21.7. The van der Waals surface area contributed by atoms with Crippen molar-refractivity contribution in [1.29, 1.82) is 0 Å². The number of likely N-dealkylation sites (N-methyl/N-ethyl adjacent to an activating group) is 4. The molecular weight excluding hydrogens is 1880 g/mol. The largest absolute Gasteiger partial charge is 0.481 e. The summed E-state index contributed by atoms with van der Waals surface area (Å²) >= 11 is 6.46. The maximum atomic E-state index is 13.4. The molecule has 4 fully saturated rings. The summed E-state index contributed by atoms with van der Waals surface area (Å²) in [6.07, 6.45) is 2.84. The number of hydrogen-bond acceptors (Lipinski definition) is 33. The molecule has 3 amide bonds. The number of aliphatic imine (C=N–C) groups is 4. The number of piperazine rings is 4. The molecule has 13 heterocycles. The molecule has 714 valence electrons. The topological polar surface area (TPSA) is 406 Å². The predicted molar refractivity (Wildman–Crippen MR) is 538 cm³/mol. The summed E-state index contributed by atoms with van der Waals surface area (Å²) in [5.74, 6) is 5.56. The highest BCUT2D eigenvalue weighted by Crippen LogP contribution is 2.49. The lowest BCUT2D eigenvalue weighted by molar-refractivity contribution is -0.141. The third-order valence-corrected chi connectivity index (χ3v) is 29.9. The van der Waals surface area contributed by atoms with Gasteiger partial charge in [0.15, 0.2) is 0 Å². The first-order chi connectivity index (χ1) is 65.1. The van der Waals surface area contributed by atoms with Gasteiger partial charge in [0.1, 0.15) is 49.9 Å². The molecule has 0 spiro atoms. The van der Waals surface area contributed by atoms with Crippen LogP contribution in [0.3, 0.4) is 0 Å². The Bertz CT molecular complexity index is 6580. The summed E-state index contributed by atoms with van der Waals surface area (Å²) in [6.45, 7) is 24.9. The quantitative estimate of drug-likeness (QED) is 0.0244. The first kappa shape index (κ1) is 99.5. The van der Waals surface area contributed by atoms with Crippen molar-refractivity contribution in [3.05, 3.63) is 235 Å². The van der Waals surface area contributed by atoms with Crippen LogP contribution in [0, 0.1) is 27.7 Å². The monoisotopic (exact) mass is 1980 g/mol. The minimum absolute atomic E-state index is 0.0736. The van der Waals surface area contributed by atoms with Gasteiger partial charge in [-0.05, 0) is 178 Å². The van der Waals surface area contributed by atoms with Gasteiger partial charge in [0.2, 0.25) is 0 Å². The van der Waals surface area contributed by atoms with Crippen LogP contribution in [0.5, 0.6) is 0 Å². The fraction of sp³-hybridized carbons (Fsp3) is 0.309. The summed E-state index contributed by atoms with van der Waals surface area (Å²) in [6, 6.07) is 49.8. The minimum Gasteiger partial charge on any atom is -0.481 e. The van der Waals surface area contributed by atoms with E-state index in [1.807, 2.05) is 129 Å². The molecule has 6 aromatic carbocycles. The van der Waals surface area contributed by atoms with Gasteiger partial charge in [0.25, 0.3) is 36.8 Å². The Kier molecular flexibility index (Phi) is 32.0. The lowest BCUT2D eigenvalue weighted by atomic mass is 10.2. The van der Waals surface area contributed by atoms with E-state index in [2.05, 4.69) is 110 Å². The third-order valence-electron chi connectivity index (χ3n) is 23.1. The lowest BCUT2D eigenvalue weighted by Gasteiger charge is -2.34. The number of aliphatic hydroxyl groups excluding tert-OH is 1. The van der Waals surface area contributed by atoms with Crippen LogP contribution in [0.1, 0.15) is 82.2 Å². The number of hydrogen-bond donors (Lipinski definition) is 7. The number of anilines is 8. The summed E-state index contributed by atoms with van der Waals surface area (Å²) < 4.78 is 48.4. The van der Waals surface area contributed by atoms with Crippen molar-refractivity contribution >= 4 is 205 Å². The van der Waals surface area contributed by atoms with Crippen LogP contribution in [-0.2, 0) is 38.3 Å². The lowest BCUT2D eigenvalue weighted by Crippen LogP contribution is -2.48. The normalized spacial score (nSPS) is 16.7. The van der Waals surface area contributed by atoms with Crippen molar-refractivity contribution in [3.63, 3.8) is 0 Å². The van der Waals surface area contributed by atoms with E-state index >= 15 is 0 Å². The molecule has 0 bridgehead atoms. The first-order valence-corrected chi connectivity index (χ1v) is 50.7. The Hall–Kier alpha value is -12.5. The van der Waals surface area contributed by atoms with E-state index in [9.17, 15) is 50.7 Å². The zero-order valence-electron chi connectivity index (χ0n) is 76.6. The number of nitrogens with two attached hydrogens (primary N) is 1. The summed E-state index contributed by atoms with van der Waals surface area (Å²) in [4.78, 5) is 116. The molecule has 35 nitrogen and oxygen atoms in total. The Morgan fingerprint density at radius 2 is 0.772 bits per heavy atom. The van der Waals surface area contributed by atoms with Crippen LogP contribution in [0.2, 0.25) is 0 Å². The van der Waals surface area contributed by atoms with Crippen molar-refractivity contribution in [2.45, 2.75) is 57.3 Å². The molecule has 0 unspecified atom stereocenters. The number of aliphatic carboxylic acids is 1. The van der Waals surface area contributed by atoms with Gasteiger partial charge < -0.3 is 59.6 Å². The number of fused-ring (bicyclic) bond motifs is 8. The highest BCUT2D eigenvalue weighted by Gasteiger charge is 2.38. The van der Waals surface area contributed by atoms with Crippen LogP contribution in [0.15, 0.2) is 217 Å². The number of para-hydroxylation sites is 8. The number of carboxylic acids is 3. The Morgan fingerprint density at radius 1 is 0.434 bits per heavy atom. The van der Waals surface area contributed by atoms with Crippen molar-refractivity contribution in [3.8, 4) is 0 Å². The number of aryl methyl sites for hydroxylation is 4. The molecule has 9 aliphatic heterocycles. The number of carboxylic acid groups (broad SMARTS) is 3. The van der Waals surface area contributed by atoms with Crippen molar-refractivity contribution in [2.75, 3.05) is 167 Å². The number of sulfonamides is 1. The minimum atomic E-state index is -4.11. The molecule has 0 saturated carbocycles. The molecule has 4 saturated heterocycles. The molecule has 42 heteroatoms. The van der Waals surface area contributed by atoms with Crippen LogP contribution in [0.25, 0.3) is 0 Å². The molecule has 4 aromatic heterocycles. The summed E-state index contributed by atoms with van der Waals surface area (Å²) in [7, 11) is 6.59. The van der Waals surface area contributed by atoms with Crippen molar-refractivity contribution in [2.24, 2.45) is 30.9 Å². The van der Waals surface area contributed by atoms with E-state index in [1.54, 1.807) is 49.0 Å². The fourth-order valence-electron chi connectivity index (χ4n) is 15.9. The highest BCUT2D eigenvalue weighted by atomic mass is 35.7. The van der Waals surface area contributed by atoms with E-state index in [-0.39, 0.29) is 33.9 Å². The van der Waals surface area contributed by atoms with E-state index in [4.69, 9.17) is 56.9 Å². The Balaban J connectivity index is 0.000000139. The number of aliphatic hydroxyl groups is 1. The smallest absolute Gasteiger partial charge is 0.335 e. The number of rotatable bonds is 13. The molecule has 10 aromatic rings. The number of aromatic carboxylic acids is 2. The number of thiophene rings is 4. The van der Waals surface area contributed by atoms with Gasteiger partial charge in [0.05, 0.1) is 95.1 Å². The van der Waals surface area contributed by atoms with Gasteiger partial charge in [-0.15, -0.1) is 50.2 Å². The van der Waals surface area contributed by atoms with Crippen LogP contribution < -0.4 is 36.1 Å². The van der Waals surface area contributed by atoms with Crippen molar-refractivity contribution < 1.29 is 66.0 Å². The average molecular weight is 1980 g/mol. The maximum absolute atomic E-state index is 13.4. The number of hydrazone groups is 1. The highest BCUT2D eigenvalue weighted by molar-refractivity contribution is 8.13. The van der Waals surface area contributed by atoms with E-state index < -0.39 is 54.7 Å². The molecule has 19 rings (SSSR count). The second-order valence-electron chi connectivity index (χ2n) is 33.1. The number of carbonyl (C=O) groups excluding carboxylic acids is 3. The number of hydrazine groups is 3. The SMILES string of the molecule is C/C(CCC(=O)O)=N/N1c2ccccc2N=C(N2CCN(C)CC2)c2cc(C)sc21.CO.Cc1cc2c(s1)N(N)c1ccccc1N=C2N1CCN(C)CC1.Cc1cc2c(s1)N(NC(=O)CN1C(=O)C=CC1=O)c1ccccc1N=C2N1CCN(C)CC1.Cc1cc2c(s1)N(NS(=O)(=O)c1cccc(C(=O)O)c1)c1ccccc1N=C2N1CCN(C)CC1.O=C(O)c1cccc(S(=O)(=O)Cl)c1. The molecule has 8 N–H and O–H groups in total. The summed E-state index contributed by atoms with van der Waals surface area (Å²) in [5, 5.41) is 49.4. The van der Waals surface area contributed by atoms with Gasteiger partial charge in [-0.25, -0.2) is 62.3 Å². The number of amides is 3. The van der Waals surface area contributed by atoms with E-state index in [0.29, 0.717) is 22.8 Å². The van der Waals surface area contributed by atoms with E-state index in [1.165, 1.54) is 69.6 Å². The van der Waals surface area contributed by atoms with E-state index in [0.717, 1.165) is 239 Å². The molecular formula is C94H106ClN21O14S6. The van der Waals surface area contributed by atoms with Crippen molar-refractivity contribution in [1.82, 2.24) is 54.4 Å². The zero-order valence-corrected chi connectivity index (χ0v) is 82.2. The number of nitrogens with zero attached hydrogens (tertiary/aromatic N) is 18. The number of carbonyl (C=O) groups is 6. The van der Waals surface area contributed by atoms with Crippen LogP contribution in [-0.4, -0.2) is 293 Å². The first-order valence-electron chi connectivity index (χ1n) is 43.6. The van der Waals surface area contributed by atoms with Crippen LogP contribution >= 0.6 is 56.0 Å². The number of nitrogens with one attached hydrogen (secondary N) is 2. The molecule has 136 heavy (non-hydrogen) atoms. The second kappa shape index (κ2) is 43.7. The Labute approximate surface area is 809 Å².